The van der Waals surface area contributed by atoms with Gasteiger partial charge >= 0.3 is 0 Å². The van der Waals surface area contributed by atoms with Gasteiger partial charge in [0, 0.05) is 12.2 Å². The minimum Gasteiger partial charge on any atom is -0.497 e. The minimum absolute atomic E-state index is 0. The topological polar surface area (TPSA) is 89.1 Å². The van der Waals surface area contributed by atoms with Gasteiger partial charge in [-0.05, 0) is 87.8 Å². The molecular formula is C24H31ClN2O5. The zero-order chi connectivity index (χ0) is 21.9. The Morgan fingerprint density at radius 2 is 1.59 bits per heavy atom. The first kappa shape index (κ1) is 24.3. The van der Waals surface area contributed by atoms with Gasteiger partial charge in [0.15, 0.2) is 0 Å². The van der Waals surface area contributed by atoms with Gasteiger partial charge in [-0.3, -0.25) is 4.79 Å². The molecule has 0 unspecified atom stereocenters. The molecule has 2 aromatic carbocycles. The summed E-state index contributed by atoms with van der Waals surface area (Å²) in [6, 6.07) is 14.3. The molecule has 0 radical (unpaired) electrons. The smallest absolute Gasteiger partial charge is 0.251 e. The second-order valence-corrected chi connectivity index (χ2v) is 8.49. The van der Waals surface area contributed by atoms with Crippen molar-refractivity contribution in [3.63, 3.8) is 0 Å². The van der Waals surface area contributed by atoms with Crippen LogP contribution in [0, 0.1) is 0 Å². The third kappa shape index (κ3) is 5.02. The summed E-state index contributed by atoms with van der Waals surface area (Å²) in [4.78, 5) is 12.9. The Morgan fingerprint density at radius 3 is 2.19 bits per heavy atom. The molecule has 174 valence electrons. The predicted molar refractivity (Wildman–Crippen MR) is 124 cm³/mol. The summed E-state index contributed by atoms with van der Waals surface area (Å²) >= 11 is 0. The van der Waals surface area contributed by atoms with Gasteiger partial charge in [0.25, 0.3) is 5.91 Å². The van der Waals surface area contributed by atoms with Crippen LogP contribution in [0.25, 0.3) is 0 Å². The largest absolute Gasteiger partial charge is 0.497 e. The van der Waals surface area contributed by atoms with E-state index in [9.17, 15) is 9.90 Å². The molecule has 2 aliphatic rings. The van der Waals surface area contributed by atoms with E-state index in [-0.39, 0.29) is 18.3 Å². The molecule has 0 saturated carbocycles. The third-order valence-corrected chi connectivity index (χ3v) is 6.37. The molecule has 0 bridgehead atoms. The highest BCUT2D eigenvalue weighted by Gasteiger charge is 2.53. The van der Waals surface area contributed by atoms with Crippen molar-refractivity contribution in [2.24, 2.45) is 0 Å². The first-order chi connectivity index (χ1) is 14.9. The van der Waals surface area contributed by atoms with Crippen molar-refractivity contribution in [2.75, 3.05) is 26.8 Å². The van der Waals surface area contributed by atoms with Gasteiger partial charge < -0.3 is 30.0 Å². The number of aliphatic hydroxyl groups is 1. The van der Waals surface area contributed by atoms with Gasteiger partial charge in [0.05, 0.1) is 18.2 Å². The highest BCUT2D eigenvalue weighted by Crippen LogP contribution is 2.38. The van der Waals surface area contributed by atoms with Crippen molar-refractivity contribution in [3.8, 4) is 17.2 Å². The number of carbonyl (C=O) groups excluding carboxylic acids is 1. The maximum atomic E-state index is 12.9. The lowest BCUT2D eigenvalue weighted by molar-refractivity contribution is -0.197. The fraction of sp³-hybridized carbons (Fsp3) is 0.458. The first-order valence-electron chi connectivity index (χ1n) is 10.7. The van der Waals surface area contributed by atoms with E-state index in [0.717, 1.165) is 31.7 Å². The van der Waals surface area contributed by atoms with Crippen LogP contribution in [0.4, 0.5) is 0 Å². The number of benzene rings is 2. The number of halogens is 1. The number of amides is 1. The minimum atomic E-state index is -0.766. The molecule has 2 heterocycles. The summed E-state index contributed by atoms with van der Waals surface area (Å²) in [5.41, 5.74) is -0.826. The van der Waals surface area contributed by atoms with Crippen molar-refractivity contribution >= 4 is 18.3 Å². The van der Waals surface area contributed by atoms with E-state index in [1.807, 2.05) is 31.2 Å². The molecule has 7 nitrogen and oxygen atoms in total. The molecule has 4 rings (SSSR count). The molecule has 2 aromatic rings. The zero-order valence-corrected chi connectivity index (χ0v) is 19.2. The predicted octanol–water partition coefficient (Wildman–Crippen LogP) is 3.30. The number of hydrogen-bond donors (Lipinski definition) is 3. The molecule has 2 fully saturated rings. The van der Waals surface area contributed by atoms with Crippen molar-refractivity contribution < 1.29 is 24.1 Å². The van der Waals surface area contributed by atoms with Crippen LogP contribution in [0.3, 0.4) is 0 Å². The third-order valence-electron chi connectivity index (χ3n) is 6.37. The van der Waals surface area contributed by atoms with Crippen LogP contribution in [0.15, 0.2) is 48.5 Å². The second kappa shape index (κ2) is 10.1. The zero-order valence-electron chi connectivity index (χ0n) is 18.4. The standard InChI is InChI=1S/C24H30N2O5.ClH/c1-23(13-16-30-24(22(23)28)11-14-25-15-12-24)26-21(27)17-3-5-19(6-4-17)31-20-9-7-18(29-2)8-10-20;/h3-10,22,25,28H,11-16H2,1-2H3,(H,26,27);1H/t22-,23+;/m0./s1. The van der Waals surface area contributed by atoms with Crippen molar-refractivity contribution in [1.29, 1.82) is 0 Å². The Hall–Kier alpha value is -2.32. The SMILES string of the molecule is COc1ccc(Oc2ccc(C(=O)N[C@]3(C)CCOC4(CCNCC4)[C@H]3O)cc2)cc1.Cl. The van der Waals surface area contributed by atoms with Gasteiger partial charge in [0.1, 0.15) is 23.4 Å². The number of hydrogen-bond acceptors (Lipinski definition) is 6. The molecule has 2 atom stereocenters. The summed E-state index contributed by atoms with van der Waals surface area (Å²) in [5.74, 6) is 1.86. The molecule has 32 heavy (non-hydrogen) atoms. The van der Waals surface area contributed by atoms with Crippen LogP contribution in [0.5, 0.6) is 17.2 Å². The Morgan fingerprint density at radius 1 is 1.03 bits per heavy atom. The van der Waals surface area contributed by atoms with Crippen molar-refractivity contribution in [2.45, 2.75) is 43.4 Å². The molecule has 1 spiro atoms. The van der Waals surface area contributed by atoms with E-state index in [4.69, 9.17) is 14.2 Å². The van der Waals surface area contributed by atoms with Crippen LogP contribution in [-0.4, -0.2) is 55.1 Å². The number of piperidine rings is 1. The van der Waals surface area contributed by atoms with E-state index in [0.29, 0.717) is 30.1 Å². The molecule has 2 aliphatic heterocycles. The van der Waals surface area contributed by atoms with E-state index < -0.39 is 17.2 Å². The normalized spacial score (nSPS) is 24.3. The number of rotatable bonds is 5. The quantitative estimate of drug-likeness (QED) is 0.631. The molecule has 2 saturated heterocycles. The van der Waals surface area contributed by atoms with Gasteiger partial charge in [-0.2, -0.15) is 0 Å². The van der Waals surface area contributed by atoms with Gasteiger partial charge in [-0.1, -0.05) is 0 Å². The lowest BCUT2D eigenvalue weighted by atomic mass is 9.73. The van der Waals surface area contributed by atoms with Gasteiger partial charge in [-0.15, -0.1) is 12.4 Å². The van der Waals surface area contributed by atoms with E-state index in [2.05, 4.69) is 10.6 Å². The maximum Gasteiger partial charge on any atom is 0.251 e. The number of carbonyl (C=O) groups is 1. The monoisotopic (exact) mass is 462 g/mol. The number of methoxy groups -OCH3 is 1. The van der Waals surface area contributed by atoms with Crippen LogP contribution < -0.4 is 20.1 Å². The summed E-state index contributed by atoms with van der Waals surface area (Å²) in [5, 5.41) is 17.5. The van der Waals surface area contributed by atoms with E-state index in [1.165, 1.54) is 0 Å². The number of ether oxygens (including phenoxy) is 3. The molecule has 3 N–H and O–H groups in total. The molecule has 1 amide bonds. The highest BCUT2D eigenvalue weighted by molar-refractivity contribution is 5.94. The van der Waals surface area contributed by atoms with Crippen molar-refractivity contribution in [1.82, 2.24) is 10.6 Å². The summed E-state index contributed by atoms with van der Waals surface area (Å²) in [7, 11) is 1.62. The average Bonchev–Trinajstić information content (AvgIpc) is 2.79. The Balaban J connectivity index is 0.00000289. The highest BCUT2D eigenvalue weighted by atomic mass is 35.5. The maximum absolute atomic E-state index is 12.9. The van der Waals surface area contributed by atoms with Crippen LogP contribution in [-0.2, 0) is 4.74 Å². The lowest BCUT2D eigenvalue weighted by Gasteiger charge is -2.52. The van der Waals surface area contributed by atoms with E-state index >= 15 is 0 Å². The van der Waals surface area contributed by atoms with Crippen LogP contribution in [0.2, 0.25) is 0 Å². The van der Waals surface area contributed by atoms with E-state index in [1.54, 1.807) is 31.4 Å². The summed E-state index contributed by atoms with van der Waals surface area (Å²) < 4.78 is 17.0. The Labute approximate surface area is 194 Å². The molecule has 0 aliphatic carbocycles. The number of nitrogens with one attached hydrogen (secondary N) is 2. The fourth-order valence-electron chi connectivity index (χ4n) is 4.45. The Kier molecular flexibility index (Phi) is 7.67. The molecule has 8 heteroatoms. The van der Waals surface area contributed by atoms with Crippen LogP contribution in [0.1, 0.15) is 36.5 Å². The fourth-order valence-corrected chi connectivity index (χ4v) is 4.45. The second-order valence-electron chi connectivity index (χ2n) is 8.49. The van der Waals surface area contributed by atoms with Gasteiger partial charge in [-0.25, -0.2) is 0 Å². The lowest BCUT2D eigenvalue weighted by Crippen LogP contribution is -2.69. The summed E-state index contributed by atoms with van der Waals surface area (Å²) in [6.07, 6.45) is 1.26. The molecule has 0 aromatic heterocycles. The summed E-state index contributed by atoms with van der Waals surface area (Å²) in [6.45, 7) is 4.03. The van der Waals surface area contributed by atoms with Crippen LogP contribution >= 0.6 is 12.4 Å². The number of aliphatic hydroxyl groups excluding tert-OH is 1. The average molecular weight is 463 g/mol. The first-order valence-corrected chi connectivity index (χ1v) is 10.7. The molecular weight excluding hydrogens is 432 g/mol. The van der Waals surface area contributed by atoms with Gasteiger partial charge in [0.2, 0.25) is 0 Å². The van der Waals surface area contributed by atoms with Crippen molar-refractivity contribution in [3.05, 3.63) is 54.1 Å². The Bertz CT molecular complexity index is 894.